The van der Waals surface area contributed by atoms with E-state index in [4.69, 9.17) is 13.9 Å². The van der Waals surface area contributed by atoms with Crippen molar-refractivity contribution in [3.63, 3.8) is 0 Å². The molecule has 0 amide bonds. The van der Waals surface area contributed by atoms with Gasteiger partial charge in [-0.1, -0.05) is 29.8 Å². The van der Waals surface area contributed by atoms with Crippen LogP contribution in [0.2, 0.25) is 0 Å². The van der Waals surface area contributed by atoms with E-state index in [2.05, 4.69) is 16.8 Å². The van der Waals surface area contributed by atoms with Crippen molar-refractivity contribution in [1.29, 1.82) is 0 Å². The van der Waals surface area contributed by atoms with E-state index in [-0.39, 0.29) is 12.0 Å². The van der Waals surface area contributed by atoms with Gasteiger partial charge in [0.05, 0.1) is 7.11 Å². The van der Waals surface area contributed by atoms with Gasteiger partial charge < -0.3 is 13.9 Å². The summed E-state index contributed by atoms with van der Waals surface area (Å²) < 4.78 is 16.6. The highest BCUT2D eigenvalue weighted by Crippen LogP contribution is 2.25. The highest BCUT2D eigenvalue weighted by atomic mass is 16.5. The molecule has 1 aliphatic rings. The van der Waals surface area contributed by atoms with Crippen LogP contribution in [-0.2, 0) is 22.7 Å². The number of benzene rings is 2. The molecule has 30 heavy (non-hydrogen) atoms. The summed E-state index contributed by atoms with van der Waals surface area (Å²) >= 11 is 0. The number of rotatable bonds is 7. The number of oxazole rings is 1. The molecule has 1 aliphatic heterocycles. The van der Waals surface area contributed by atoms with Crippen LogP contribution in [-0.4, -0.2) is 35.5 Å². The molecule has 0 spiro atoms. The number of nitrogens with zero attached hydrogens (tertiary/aromatic N) is 2. The molecule has 6 heteroatoms. The van der Waals surface area contributed by atoms with Crippen LogP contribution in [0.5, 0.6) is 5.75 Å². The van der Waals surface area contributed by atoms with Gasteiger partial charge in [-0.3, -0.25) is 9.69 Å². The van der Waals surface area contributed by atoms with Crippen molar-refractivity contribution in [2.75, 3.05) is 13.7 Å². The Morgan fingerprint density at radius 2 is 1.87 bits per heavy atom. The number of ether oxygens (including phenoxy) is 2. The molecule has 0 unspecified atom stereocenters. The maximum absolute atomic E-state index is 11.7. The van der Waals surface area contributed by atoms with Gasteiger partial charge in [-0.25, -0.2) is 4.98 Å². The molecule has 1 aromatic heterocycles. The second-order valence-electron chi connectivity index (χ2n) is 7.62. The van der Waals surface area contributed by atoms with Crippen molar-refractivity contribution in [1.82, 2.24) is 9.88 Å². The zero-order valence-electron chi connectivity index (χ0n) is 17.6. The topological polar surface area (TPSA) is 64.8 Å². The molecule has 2 aromatic carbocycles. The Morgan fingerprint density at radius 3 is 2.50 bits per heavy atom. The largest absolute Gasteiger partial charge is 0.487 e. The number of hydrogen-bond acceptors (Lipinski definition) is 6. The number of methoxy groups -OCH3 is 1. The lowest BCUT2D eigenvalue weighted by atomic mass is 10.0. The summed E-state index contributed by atoms with van der Waals surface area (Å²) in [4.78, 5) is 18.4. The molecule has 156 valence electrons. The van der Waals surface area contributed by atoms with Crippen LogP contribution in [0.4, 0.5) is 0 Å². The van der Waals surface area contributed by atoms with Crippen LogP contribution in [0.25, 0.3) is 11.5 Å². The van der Waals surface area contributed by atoms with Gasteiger partial charge in [-0.2, -0.15) is 0 Å². The highest BCUT2D eigenvalue weighted by molar-refractivity contribution is 5.76. The first-order valence-electron chi connectivity index (χ1n) is 10.1. The van der Waals surface area contributed by atoms with Crippen LogP contribution < -0.4 is 4.74 Å². The number of likely N-dealkylation sites (tertiary alicyclic amines) is 1. The molecule has 4 rings (SSSR count). The number of carbonyl (C=O) groups is 1. The van der Waals surface area contributed by atoms with E-state index in [9.17, 15) is 4.79 Å². The number of hydrogen-bond donors (Lipinski definition) is 0. The normalized spacial score (nSPS) is 16.2. The monoisotopic (exact) mass is 406 g/mol. The van der Waals surface area contributed by atoms with Crippen molar-refractivity contribution in [2.24, 2.45) is 0 Å². The summed E-state index contributed by atoms with van der Waals surface area (Å²) in [6, 6.07) is 15.9. The molecular formula is C24H26N2O4. The lowest BCUT2D eigenvalue weighted by Gasteiger charge is -2.38. The predicted molar refractivity (Wildman–Crippen MR) is 113 cm³/mol. The summed E-state index contributed by atoms with van der Waals surface area (Å²) in [5.74, 6) is 1.98. The van der Waals surface area contributed by atoms with Crippen LogP contribution in [0.15, 0.2) is 52.9 Å². The fourth-order valence-corrected chi connectivity index (χ4v) is 3.49. The quantitative estimate of drug-likeness (QED) is 0.546. The zero-order valence-corrected chi connectivity index (χ0v) is 17.6. The molecule has 1 fully saturated rings. The van der Waals surface area contributed by atoms with Crippen LogP contribution in [0.3, 0.4) is 0 Å². The van der Waals surface area contributed by atoms with Gasteiger partial charge in [0.1, 0.15) is 29.9 Å². The second-order valence-corrected chi connectivity index (χ2v) is 7.62. The van der Waals surface area contributed by atoms with E-state index >= 15 is 0 Å². The maximum Gasteiger partial charge on any atom is 0.323 e. The molecule has 1 saturated heterocycles. The van der Waals surface area contributed by atoms with E-state index in [1.165, 1.54) is 12.7 Å². The lowest BCUT2D eigenvalue weighted by molar-refractivity contribution is -0.152. The van der Waals surface area contributed by atoms with E-state index in [0.717, 1.165) is 47.8 Å². The van der Waals surface area contributed by atoms with Gasteiger partial charge in [-0.15, -0.1) is 0 Å². The standard InChI is InChI=1S/C24H26N2O4/c1-16-4-8-19(9-5-16)23-25-21(17(2)30-23)15-29-20-10-6-18(7-11-20)14-26-13-12-22(26)24(27)28-3/h4-11,22H,12-15H2,1-3H3/t22-/m1/s1. The van der Waals surface area contributed by atoms with Gasteiger partial charge in [0.2, 0.25) is 5.89 Å². The van der Waals surface area contributed by atoms with E-state index in [1.54, 1.807) is 0 Å². The SMILES string of the molecule is COC(=O)[C@H]1CCN1Cc1ccc(OCc2nc(-c3ccc(C)cc3)oc2C)cc1. The molecule has 1 atom stereocenters. The Hall–Kier alpha value is -3.12. The Bertz CT molecular complexity index is 1010. The van der Waals surface area contributed by atoms with E-state index < -0.39 is 0 Å². The minimum absolute atomic E-state index is 0.121. The van der Waals surface area contributed by atoms with Gasteiger partial charge in [0.15, 0.2) is 0 Å². The Labute approximate surface area is 176 Å². The zero-order chi connectivity index (χ0) is 21.1. The molecule has 0 radical (unpaired) electrons. The van der Waals surface area contributed by atoms with Gasteiger partial charge in [0, 0.05) is 18.7 Å². The number of aryl methyl sites for hydroxylation is 2. The number of carbonyl (C=O) groups excluding carboxylic acids is 1. The first kappa shape index (κ1) is 20.2. The smallest absolute Gasteiger partial charge is 0.323 e. The molecule has 6 nitrogen and oxygen atoms in total. The summed E-state index contributed by atoms with van der Waals surface area (Å²) in [5, 5.41) is 0. The third-order valence-corrected chi connectivity index (χ3v) is 5.48. The van der Waals surface area contributed by atoms with Crippen molar-refractivity contribution < 1.29 is 18.7 Å². The summed E-state index contributed by atoms with van der Waals surface area (Å²) in [5.41, 5.74) is 4.07. The second kappa shape index (κ2) is 8.71. The molecule has 0 aliphatic carbocycles. The fraction of sp³-hybridized carbons (Fsp3) is 0.333. The van der Waals surface area contributed by atoms with Crippen molar-refractivity contribution in [3.05, 3.63) is 71.1 Å². The highest BCUT2D eigenvalue weighted by Gasteiger charge is 2.34. The van der Waals surface area contributed by atoms with Crippen molar-refractivity contribution in [2.45, 2.75) is 39.5 Å². The van der Waals surface area contributed by atoms with Gasteiger partial charge in [0.25, 0.3) is 0 Å². The van der Waals surface area contributed by atoms with Crippen molar-refractivity contribution in [3.8, 4) is 17.2 Å². The fourth-order valence-electron chi connectivity index (χ4n) is 3.49. The number of aromatic nitrogens is 1. The molecule has 0 bridgehead atoms. The summed E-state index contributed by atoms with van der Waals surface area (Å²) in [6.07, 6.45) is 0.857. The predicted octanol–water partition coefficient (Wildman–Crippen LogP) is 4.28. The Morgan fingerprint density at radius 1 is 1.13 bits per heavy atom. The maximum atomic E-state index is 11.7. The van der Waals surface area contributed by atoms with Crippen molar-refractivity contribution >= 4 is 5.97 Å². The summed E-state index contributed by atoms with van der Waals surface area (Å²) in [7, 11) is 1.44. The average molecular weight is 406 g/mol. The first-order chi connectivity index (χ1) is 14.5. The molecule has 0 saturated carbocycles. The van der Waals surface area contributed by atoms with Crippen LogP contribution >= 0.6 is 0 Å². The first-order valence-corrected chi connectivity index (χ1v) is 10.1. The molecule has 0 N–H and O–H groups in total. The molecular weight excluding hydrogens is 380 g/mol. The van der Waals surface area contributed by atoms with Gasteiger partial charge >= 0.3 is 5.97 Å². The Balaban J connectivity index is 1.34. The molecule has 2 heterocycles. The Kier molecular flexibility index (Phi) is 5.86. The number of esters is 1. The lowest BCUT2D eigenvalue weighted by Crippen LogP contribution is -2.52. The van der Waals surface area contributed by atoms with Gasteiger partial charge in [-0.05, 0) is 50.1 Å². The minimum atomic E-state index is -0.158. The van der Waals surface area contributed by atoms with E-state index in [1.807, 2.05) is 55.5 Å². The van der Waals surface area contributed by atoms with Crippen LogP contribution in [0, 0.1) is 13.8 Å². The third kappa shape index (κ3) is 4.39. The average Bonchev–Trinajstić information content (AvgIpc) is 3.11. The molecule has 3 aromatic rings. The summed E-state index contributed by atoms with van der Waals surface area (Å²) in [6.45, 7) is 5.93. The van der Waals surface area contributed by atoms with Crippen LogP contribution in [0.1, 0.15) is 29.0 Å². The van der Waals surface area contributed by atoms with E-state index in [0.29, 0.717) is 12.5 Å². The third-order valence-electron chi connectivity index (χ3n) is 5.48. The minimum Gasteiger partial charge on any atom is -0.487 e.